The van der Waals surface area contributed by atoms with Crippen LogP contribution in [0.4, 0.5) is 5.82 Å². The van der Waals surface area contributed by atoms with Crippen molar-refractivity contribution in [2.24, 2.45) is 0 Å². The maximum absolute atomic E-state index is 11.6. The molecular weight excluding hydrogens is 238 g/mol. The molecule has 1 aromatic carbocycles. The van der Waals surface area contributed by atoms with Crippen LogP contribution in [-0.2, 0) is 6.54 Å². The summed E-state index contributed by atoms with van der Waals surface area (Å²) in [7, 11) is 0. The lowest BCUT2D eigenvalue weighted by Gasteiger charge is -2.01. The van der Waals surface area contributed by atoms with Gasteiger partial charge in [0, 0.05) is 6.54 Å². The van der Waals surface area contributed by atoms with Gasteiger partial charge in [-0.25, -0.2) is 0 Å². The molecule has 0 saturated heterocycles. The molecule has 18 heavy (non-hydrogen) atoms. The summed E-state index contributed by atoms with van der Waals surface area (Å²) in [5.41, 5.74) is 0.917. The molecule has 0 fully saturated rings. The Morgan fingerprint density at radius 3 is 2.72 bits per heavy atom. The maximum atomic E-state index is 11.6. The number of carbonyl (C=O) groups excluding carboxylic acids is 1. The van der Waals surface area contributed by atoms with Gasteiger partial charge in [-0.15, -0.1) is 0 Å². The highest BCUT2D eigenvalue weighted by Gasteiger charge is 2.20. The first-order valence-electron chi connectivity index (χ1n) is 5.10. The van der Waals surface area contributed by atoms with Crippen molar-refractivity contribution >= 4 is 11.7 Å². The number of amides is 1. The average molecular weight is 247 g/mol. The van der Waals surface area contributed by atoms with Gasteiger partial charge in [0.1, 0.15) is 0 Å². The molecule has 1 amide bonds. The quantitative estimate of drug-likeness (QED) is 0.652. The Labute approximate surface area is 102 Å². The maximum Gasteiger partial charge on any atom is 0.414 e. The molecule has 2 rings (SSSR count). The van der Waals surface area contributed by atoms with E-state index in [1.165, 1.54) is 0 Å². The molecule has 1 aromatic heterocycles. The van der Waals surface area contributed by atoms with Crippen LogP contribution < -0.4 is 5.32 Å². The zero-order valence-electron chi connectivity index (χ0n) is 9.20. The third kappa shape index (κ3) is 2.70. The van der Waals surface area contributed by atoms with Gasteiger partial charge in [0.15, 0.2) is 5.16 Å². The smallest absolute Gasteiger partial charge is 0.358 e. The van der Waals surface area contributed by atoms with E-state index in [9.17, 15) is 14.9 Å². The van der Waals surface area contributed by atoms with Crippen LogP contribution in [0.2, 0.25) is 0 Å². The number of nitro groups is 1. The summed E-state index contributed by atoms with van der Waals surface area (Å²) in [6, 6.07) is 10.2. The number of hydrogen-bond donors (Lipinski definition) is 1. The largest absolute Gasteiger partial charge is 0.414 e. The van der Waals surface area contributed by atoms with E-state index in [4.69, 9.17) is 0 Å². The van der Waals surface area contributed by atoms with Crippen LogP contribution in [0.15, 0.2) is 40.9 Å². The first kappa shape index (κ1) is 11.8. The lowest BCUT2D eigenvalue weighted by atomic mass is 10.2. The molecular formula is C11H9N3O4. The standard InChI is InChI=1S/C11H9N3O4/c15-11(9-6-10(13-18-9)14(16)17)12-7-8-4-2-1-3-5-8/h1-6H,7H2,(H,12,15). The number of rotatable bonds is 4. The molecule has 7 nitrogen and oxygen atoms in total. The lowest BCUT2D eigenvalue weighted by Crippen LogP contribution is -2.22. The van der Waals surface area contributed by atoms with Gasteiger partial charge < -0.3 is 15.4 Å². The normalized spacial score (nSPS) is 10.0. The molecule has 0 atom stereocenters. The molecule has 92 valence electrons. The molecule has 1 heterocycles. The highest BCUT2D eigenvalue weighted by Crippen LogP contribution is 2.11. The summed E-state index contributed by atoms with van der Waals surface area (Å²) in [4.78, 5) is 21.2. The average Bonchev–Trinajstić information content (AvgIpc) is 2.87. The topological polar surface area (TPSA) is 98.3 Å². The first-order valence-corrected chi connectivity index (χ1v) is 5.10. The van der Waals surface area contributed by atoms with E-state index >= 15 is 0 Å². The summed E-state index contributed by atoms with van der Waals surface area (Å²) in [5, 5.41) is 16.1. The van der Waals surface area contributed by atoms with E-state index < -0.39 is 16.6 Å². The van der Waals surface area contributed by atoms with E-state index in [0.29, 0.717) is 6.54 Å². The zero-order valence-corrected chi connectivity index (χ0v) is 9.20. The fourth-order valence-corrected chi connectivity index (χ4v) is 1.32. The summed E-state index contributed by atoms with van der Waals surface area (Å²) >= 11 is 0. The Balaban J connectivity index is 1.97. The molecule has 7 heteroatoms. The van der Waals surface area contributed by atoms with E-state index in [0.717, 1.165) is 11.6 Å². The van der Waals surface area contributed by atoms with Gasteiger partial charge in [0.25, 0.3) is 11.7 Å². The summed E-state index contributed by atoms with van der Waals surface area (Å²) in [6.07, 6.45) is 0. The van der Waals surface area contributed by atoms with Crippen molar-refractivity contribution in [2.75, 3.05) is 0 Å². The highest BCUT2D eigenvalue weighted by molar-refractivity contribution is 5.91. The minimum atomic E-state index is -0.725. The minimum Gasteiger partial charge on any atom is -0.358 e. The molecule has 0 aliphatic rings. The van der Waals surface area contributed by atoms with Crippen molar-refractivity contribution in [1.82, 2.24) is 10.5 Å². The molecule has 0 radical (unpaired) electrons. The van der Waals surface area contributed by atoms with Crippen LogP contribution in [0.5, 0.6) is 0 Å². The van der Waals surface area contributed by atoms with Crippen molar-refractivity contribution < 1.29 is 14.2 Å². The monoisotopic (exact) mass is 247 g/mol. The highest BCUT2D eigenvalue weighted by atomic mass is 16.6. The van der Waals surface area contributed by atoms with Crippen LogP contribution in [0.25, 0.3) is 0 Å². The summed E-state index contributed by atoms with van der Waals surface area (Å²) in [6.45, 7) is 0.314. The van der Waals surface area contributed by atoms with Crippen LogP contribution >= 0.6 is 0 Å². The predicted octanol–water partition coefficient (Wildman–Crippen LogP) is 1.51. The van der Waals surface area contributed by atoms with Crippen molar-refractivity contribution in [1.29, 1.82) is 0 Å². The van der Waals surface area contributed by atoms with Gasteiger partial charge >= 0.3 is 5.82 Å². The Kier molecular flexibility index (Phi) is 3.33. The van der Waals surface area contributed by atoms with Crippen molar-refractivity contribution in [3.63, 3.8) is 0 Å². The number of hydrogen-bond acceptors (Lipinski definition) is 5. The third-order valence-electron chi connectivity index (χ3n) is 2.20. The second-order valence-electron chi connectivity index (χ2n) is 3.47. The number of aromatic nitrogens is 1. The van der Waals surface area contributed by atoms with Gasteiger partial charge in [-0.05, 0) is 10.5 Å². The Bertz CT molecular complexity index is 565. The van der Waals surface area contributed by atoms with Crippen molar-refractivity contribution in [3.8, 4) is 0 Å². The molecule has 2 aromatic rings. The van der Waals surface area contributed by atoms with Crippen LogP contribution in [0, 0.1) is 10.1 Å². The lowest BCUT2D eigenvalue weighted by molar-refractivity contribution is -0.390. The first-order chi connectivity index (χ1) is 8.66. The molecule has 0 aliphatic carbocycles. The van der Waals surface area contributed by atoms with E-state index in [1.807, 2.05) is 30.3 Å². The second kappa shape index (κ2) is 5.09. The number of carbonyl (C=O) groups is 1. The van der Waals surface area contributed by atoms with Gasteiger partial charge in [-0.1, -0.05) is 30.3 Å². The van der Waals surface area contributed by atoms with Crippen molar-refractivity contribution in [3.05, 3.63) is 57.8 Å². The second-order valence-corrected chi connectivity index (χ2v) is 3.47. The predicted molar refractivity (Wildman–Crippen MR) is 60.8 cm³/mol. The Morgan fingerprint density at radius 2 is 2.11 bits per heavy atom. The van der Waals surface area contributed by atoms with E-state index in [-0.39, 0.29) is 5.76 Å². The number of nitrogens with one attached hydrogen (secondary N) is 1. The van der Waals surface area contributed by atoms with E-state index in [2.05, 4.69) is 15.0 Å². The zero-order chi connectivity index (χ0) is 13.0. The molecule has 0 bridgehead atoms. The Hall–Kier alpha value is -2.70. The van der Waals surface area contributed by atoms with Gasteiger partial charge in [-0.3, -0.25) is 9.32 Å². The summed E-state index contributed by atoms with van der Waals surface area (Å²) in [5.74, 6) is -1.21. The molecule has 0 aliphatic heterocycles. The fourth-order valence-electron chi connectivity index (χ4n) is 1.32. The van der Waals surface area contributed by atoms with E-state index in [1.54, 1.807) is 0 Å². The van der Waals surface area contributed by atoms with Gasteiger partial charge in [0.05, 0.1) is 6.07 Å². The van der Waals surface area contributed by atoms with Crippen LogP contribution in [0.3, 0.4) is 0 Å². The molecule has 0 saturated carbocycles. The van der Waals surface area contributed by atoms with Gasteiger partial charge in [0.2, 0.25) is 0 Å². The minimum absolute atomic E-state index is 0.183. The number of benzene rings is 1. The fraction of sp³-hybridized carbons (Fsp3) is 0.0909. The Morgan fingerprint density at radius 1 is 1.39 bits per heavy atom. The molecule has 1 N–H and O–H groups in total. The molecule has 0 spiro atoms. The van der Waals surface area contributed by atoms with Crippen LogP contribution in [0.1, 0.15) is 16.1 Å². The third-order valence-corrected chi connectivity index (χ3v) is 2.20. The molecule has 0 unspecified atom stereocenters. The van der Waals surface area contributed by atoms with Crippen LogP contribution in [-0.4, -0.2) is 16.0 Å². The van der Waals surface area contributed by atoms with Gasteiger partial charge in [-0.2, -0.15) is 0 Å². The summed E-state index contributed by atoms with van der Waals surface area (Å²) < 4.78 is 4.57. The number of nitrogens with zero attached hydrogens (tertiary/aromatic N) is 2. The van der Waals surface area contributed by atoms with Crippen molar-refractivity contribution in [2.45, 2.75) is 6.54 Å². The SMILES string of the molecule is O=C(NCc1ccccc1)c1cc([N+](=O)[O-])no1.